The van der Waals surface area contributed by atoms with E-state index in [0.29, 0.717) is 17.4 Å². The van der Waals surface area contributed by atoms with Gasteiger partial charge in [0.25, 0.3) is 0 Å². The maximum Gasteiger partial charge on any atom is 0.0785 e. The van der Waals surface area contributed by atoms with Gasteiger partial charge >= 0.3 is 0 Å². The minimum atomic E-state index is -1.35. The molecule has 0 aromatic heterocycles. The Morgan fingerprint density at radius 2 is 2.07 bits per heavy atom. The van der Waals surface area contributed by atoms with Crippen molar-refractivity contribution in [2.45, 2.75) is 44.5 Å². The highest BCUT2D eigenvalue weighted by Gasteiger charge is 2.47. The number of rotatable bonds is 0. The van der Waals surface area contributed by atoms with Crippen molar-refractivity contribution in [3.05, 3.63) is 23.9 Å². The molecule has 0 unspecified atom stereocenters. The van der Waals surface area contributed by atoms with Gasteiger partial charge in [-0.2, -0.15) is 0 Å². The first-order valence-electron chi connectivity index (χ1n) is 5.97. The van der Waals surface area contributed by atoms with E-state index in [4.69, 9.17) is 0 Å². The van der Waals surface area contributed by atoms with Crippen LogP contribution in [0.3, 0.4) is 0 Å². The normalized spacial score (nSPS) is 43.9. The zero-order valence-electron chi connectivity index (χ0n) is 10.0. The van der Waals surface area contributed by atoms with Gasteiger partial charge in [-0.15, -0.1) is 6.58 Å². The summed E-state index contributed by atoms with van der Waals surface area (Å²) >= 11 is 0. The van der Waals surface area contributed by atoms with Crippen LogP contribution < -0.4 is 0 Å². The number of aliphatic hydroxyl groups excluding tert-OH is 1. The van der Waals surface area contributed by atoms with Crippen molar-refractivity contribution < 1.29 is 5.11 Å². The Hall–Kier alpha value is -0.343. The van der Waals surface area contributed by atoms with Gasteiger partial charge in [-0.1, -0.05) is 37.4 Å². The average Bonchev–Trinajstić information content (AvgIpc) is 2.15. The Morgan fingerprint density at radius 3 is 2.73 bits per heavy atom. The highest BCUT2D eigenvalue weighted by Crippen LogP contribution is 2.49. The van der Waals surface area contributed by atoms with Gasteiger partial charge in [0.2, 0.25) is 0 Å². The van der Waals surface area contributed by atoms with Crippen LogP contribution in [0.5, 0.6) is 0 Å². The van der Waals surface area contributed by atoms with Crippen LogP contribution in [0.2, 0.25) is 18.6 Å². The Labute approximate surface area is 93.9 Å². The molecule has 15 heavy (non-hydrogen) atoms. The van der Waals surface area contributed by atoms with E-state index < -0.39 is 8.07 Å². The molecule has 4 atom stereocenters. The fourth-order valence-electron chi connectivity index (χ4n) is 3.17. The van der Waals surface area contributed by atoms with Crippen molar-refractivity contribution in [3.8, 4) is 0 Å². The summed E-state index contributed by atoms with van der Waals surface area (Å²) in [4.78, 5) is 0. The van der Waals surface area contributed by atoms with Crippen molar-refractivity contribution in [2.75, 3.05) is 0 Å². The van der Waals surface area contributed by atoms with Crippen LogP contribution in [0, 0.1) is 11.8 Å². The topological polar surface area (TPSA) is 20.2 Å². The molecule has 1 nitrogen and oxygen atoms in total. The monoisotopic (exact) mass is 222 g/mol. The van der Waals surface area contributed by atoms with Crippen LogP contribution in [0.4, 0.5) is 0 Å². The van der Waals surface area contributed by atoms with E-state index >= 15 is 0 Å². The minimum Gasteiger partial charge on any atom is -0.392 e. The summed E-state index contributed by atoms with van der Waals surface area (Å²) in [6.45, 7) is 11.3. The Bertz CT molecular complexity index is 306. The summed E-state index contributed by atoms with van der Waals surface area (Å²) in [5.74, 6) is 1.09. The number of hydrogen-bond acceptors (Lipinski definition) is 1. The molecule has 0 bridgehead atoms. The molecular formula is C13H22OSi. The zero-order valence-corrected chi connectivity index (χ0v) is 11.0. The van der Waals surface area contributed by atoms with E-state index in [9.17, 15) is 5.11 Å². The third-order valence-electron chi connectivity index (χ3n) is 4.49. The number of allylic oxidation sites excluding steroid dienone is 1. The van der Waals surface area contributed by atoms with Crippen molar-refractivity contribution in [1.29, 1.82) is 0 Å². The van der Waals surface area contributed by atoms with Crippen LogP contribution in [0.15, 0.2) is 23.9 Å². The Kier molecular flexibility index (Phi) is 2.68. The smallest absolute Gasteiger partial charge is 0.0785 e. The standard InChI is InChI=1S/C13H22OSi/c1-9-5-6-11-12(14)8-10(2)15(3,4)13(11)7-9/h5-6,9,11-14H,2,7-8H2,1,3-4H3/t9-,11-,12-,13-/m0/s1. The second kappa shape index (κ2) is 3.60. The molecule has 0 aromatic rings. The molecule has 84 valence electrons. The first-order chi connectivity index (χ1) is 6.93. The van der Waals surface area contributed by atoms with E-state index in [-0.39, 0.29) is 6.10 Å². The van der Waals surface area contributed by atoms with E-state index in [1.54, 1.807) is 0 Å². The molecule has 2 aliphatic rings. The predicted molar refractivity (Wildman–Crippen MR) is 67.4 cm³/mol. The molecule has 1 aliphatic heterocycles. The number of fused-ring (bicyclic) bond motifs is 1. The largest absolute Gasteiger partial charge is 0.392 e. The van der Waals surface area contributed by atoms with Crippen molar-refractivity contribution >= 4 is 8.07 Å². The first kappa shape index (κ1) is 11.2. The Morgan fingerprint density at radius 1 is 1.40 bits per heavy atom. The summed E-state index contributed by atoms with van der Waals surface area (Å²) in [5, 5.41) is 11.5. The van der Waals surface area contributed by atoms with Gasteiger partial charge in [-0.05, 0) is 24.3 Å². The lowest BCUT2D eigenvalue weighted by Gasteiger charge is -2.48. The van der Waals surface area contributed by atoms with Gasteiger partial charge in [0.15, 0.2) is 0 Å². The van der Waals surface area contributed by atoms with Crippen LogP contribution in [-0.2, 0) is 0 Å². The summed E-state index contributed by atoms with van der Waals surface area (Å²) < 4.78 is 0. The molecule has 1 saturated heterocycles. The zero-order chi connectivity index (χ0) is 11.2. The van der Waals surface area contributed by atoms with Crippen molar-refractivity contribution in [3.63, 3.8) is 0 Å². The molecule has 2 rings (SSSR count). The van der Waals surface area contributed by atoms with Gasteiger partial charge in [0.05, 0.1) is 14.2 Å². The highest BCUT2D eigenvalue weighted by molar-refractivity contribution is 6.85. The highest BCUT2D eigenvalue weighted by atomic mass is 28.3. The van der Waals surface area contributed by atoms with Crippen molar-refractivity contribution in [2.24, 2.45) is 11.8 Å². The Balaban J connectivity index is 2.33. The lowest BCUT2D eigenvalue weighted by atomic mass is 9.84. The van der Waals surface area contributed by atoms with E-state index in [0.717, 1.165) is 6.42 Å². The van der Waals surface area contributed by atoms with Gasteiger partial charge in [0.1, 0.15) is 0 Å². The van der Waals surface area contributed by atoms with E-state index in [2.05, 4.69) is 38.7 Å². The molecular weight excluding hydrogens is 200 g/mol. The maximum atomic E-state index is 10.1. The first-order valence-corrected chi connectivity index (χ1v) is 9.05. The van der Waals surface area contributed by atoms with Gasteiger partial charge in [-0.25, -0.2) is 0 Å². The van der Waals surface area contributed by atoms with Gasteiger partial charge < -0.3 is 5.11 Å². The quantitative estimate of drug-likeness (QED) is 0.493. The van der Waals surface area contributed by atoms with Crippen LogP contribution in [0.1, 0.15) is 19.8 Å². The summed E-state index contributed by atoms with van der Waals surface area (Å²) in [7, 11) is -1.35. The molecule has 1 fully saturated rings. The molecule has 1 heterocycles. The molecule has 0 saturated carbocycles. The van der Waals surface area contributed by atoms with Crippen LogP contribution >= 0.6 is 0 Å². The number of hydrogen-bond donors (Lipinski definition) is 1. The van der Waals surface area contributed by atoms with E-state index in [1.165, 1.54) is 11.6 Å². The molecule has 1 N–H and O–H groups in total. The fourth-order valence-corrected chi connectivity index (χ4v) is 6.69. The maximum absolute atomic E-state index is 10.1. The lowest BCUT2D eigenvalue weighted by Crippen LogP contribution is -2.49. The third kappa shape index (κ3) is 1.74. The van der Waals surface area contributed by atoms with Crippen LogP contribution in [0.25, 0.3) is 0 Å². The van der Waals surface area contributed by atoms with Crippen molar-refractivity contribution in [1.82, 2.24) is 0 Å². The van der Waals surface area contributed by atoms with Gasteiger partial charge in [-0.3, -0.25) is 0 Å². The van der Waals surface area contributed by atoms with Crippen LogP contribution in [-0.4, -0.2) is 19.3 Å². The average molecular weight is 222 g/mol. The fraction of sp³-hybridized carbons (Fsp3) is 0.692. The number of aliphatic hydroxyl groups is 1. The lowest BCUT2D eigenvalue weighted by molar-refractivity contribution is 0.113. The third-order valence-corrected chi connectivity index (χ3v) is 8.99. The predicted octanol–water partition coefficient (Wildman–Crippen LogP) is 3.14. The second-order valence-corrected chi connectivity index (χ2v) is 10.8. The summed E-state index contributed by atoms with van der Waals surface area (Å²) in [6.07, 6.45) is 6.45. The van der Waals surface area contributed by atoms with E-state index in [1.807, 2.05) is 0 Å². The summed E-state index contributed by atoms with van der Waals surface area (Å²) in [6, 6.07) is 0. The van der Waals surface area contributed by atoms with Gasteiger partial charge in [0, 0.05) is 5.92 Å². The molecule has 2 heteroatoms. The molecule has 1 aliphatic carbocycles. The SMILES string of the molecule is C=C1C[C@H](O)[C@@H]2C=C[C@H](C)C[C@@H]2[Si]1(C)C. The molecule has 0 amide bonds. The molecule has 0 spiro atoms. The minimum absolute atomic E-state index is 0.174. The molecule has 0 radical (unpaired) electrons. The second-order valence-electron chi connectivity index (χ2n) is 5.88. The molecule has 0 aromatic carbocycles. The summed E-state index contributed by atoms with van der Waals surface area (Å²) in [5.41, 5.74) is 0.703.